The van der Waals surface area contributed by atoms with Gasteiger partial charge < -0.3 is 0 Å². The molecule has 0 spiro atoms. The van der Waals surface area contributed by atoms with Gasteiger partial charge in [-0.15, -0.1) is 0 Å². The van der Waals surface area contributed by atoms with Gasteiger partial charge in [-0.2, -0.15) is 10.2 Å². The van der Waals surface area contributed by atoms with E-state index in [1.807, 2.05) is 48.5 Å². The second-order valence-electron chi connectivity index (χ2n) is 8.62. The molecule has 3 rings (SSSR count). The molecule has 0 aromatic heterocycles. The lowest BCUT2D eigenvalue weighted by atomic mass is 10.0. The maximum atomic E-state index is 12.3. The van der Waals surface area contributed by atoms with Crippen LogP contribution in [-0.4, -0.2) is 24.2 Å². The van der Waals surface area contributed by atoms with E-state index in [0.717, 1.165) is 11.1 Å². The van der Waals surface area contributed by atoms with Crippen molar-refractivity contribution in [1.82, 2.24) is 10.9 Å². The summed E-state index contributed by atoms with van der Waals surface area (Å²) in [6.07, 6.45) is 3.12. The Morgan fingerprint density at radius 3 is 1.38 bits per heavy atom. The molecule has 0 aliphatic rings. The largest absolute Gasteiger partial charge is 0.271 e. The van der Waals surface area contributed by atoms with Crippen LogP contribution in [0.4, 0.5) is 0 Å². The van der Waals surface area contributed by atoms with Crippen LogP contribution in [0, 0.1) is 0 Å². The molecule has 34 heavy (non-hydrogen) atoms. The monoisotopic (exact) mass is 454 g/mol. The van der Waals surface area contributed by atoms with Crippen molar-refractivity contribution in [2.75, 3.05) is 0 Å². The predicted octanol–water partition coefficient (Wildman–Crippen LogP) is 5.46. The van der Waals surface area contributed by atoms with E-state index >= 15 is 0 Å². The fourth-order valence-electron chi connectivity index (χ4n) is 3.22. The molecule has 0 saturated heterocycles. The highest BCUT2D eigenvalue weighted by Crippen LogP contribution is 2.15. The third-order valence-electron chi connectivity index (χ3n) is 5.35. The highest BCUT2D eigenvalue weighted by molar-refractivity contribution is 5.96. The van der Waals surface area contributed by atoms with E-state index in [1.54, 1.807) is 36.7 Å². The number of hydrogen-bond donors (Lipinski definition) is 2. The number of rotatable bonds is 8. The first-order valence-electron chi connectivity index (χ1n) is 11.3. The molecule has 2 N–H and O–H groups in total. The second kappa shape index (κ2) is 11.7. The van der Waals surface area contributed by atoms with E-state index in [-0.39, 0.29) is 11.8 Å². The van der Waals surface area contributed by atoms with Crippen LogP contribution in [0.15, 0.2) is 83.0 Å². The van der Waals surface area contributed by atoms with Gasteiger partial charge in [0.2, 0.25) is 0 Å². The molecule has 3 aromatic rings. The average Bonchev–Trinajstić information content (AvgIpc) is 2.84. The van der Waals surface area contributed by atoms with Crippen molar-refractivity contribution in [1.29, 1.82) is 0 Å². The minimum absolute atomic E-state index is 0.270. The van der Waals surface area contributed by atoms with Crippen LogP contribution < -0.4 is 10.9 Å². The maximum Gasteiger partial charge on any atom is 0.271 e. The lowest BCUT2D eigenvalue weighted by Crippen LogP contribution is -2.17. The minimum Gasteiger partial charge on any atom is -0.267 e. The molecular formula is C28H30N4O2. The van der Waals surface area contributed by atoms with Crippen LogP contribution in [0.25, 0.3) is 0 Å². The Hall–Kier alpha value is -4.06. The average molecular weight is 455 g/mol. The molecule has 0 saturated carbocycles. The first-order chi connectivity index (χ1) is 16.3. The SMILES string of the molecule is CC(C)c1ccc(C(=O)NN=Cc2cccc(C=NNC(=O)c3ccc(C(C)C)cc3)c2)cc1. The van der Waals surface area contributed by atoms with Gasteiger partial charge in [0.1, 0.15) is 0 Å². The Morgan fingerprint density at radius 1 is 0.647 bits per heavy atom. The first kappa shape index (κ1) is 24.6. The number of benzene rings is 3. The van der Waals surface area contributed by atoms with Crippen molar-refractivity contribution in [2.45, 2.75) is 39.5 Å². The van der Waals surface area contributed by atoms with Crippen molar-refractivity contribution in [2.24, 2.45) is 10.2 Å². The smallest absolute Gasteiger partial charge is 0.267 e. The lowest BCUT2D eigenvalue weighted by molar-refractivity contribution is 0.0947. The molecule has 0 aliphatic heterocycles. The van der Waals surface area contributed by atoms with Crippen LogP contribution >= 0.6 is 0 Å². The summed E-state index contributed by atoms with van der Waals surface area (Å²) in [6, 6.07) is 22.4. The number of carbonyl (C=O) groups is 2. The number of nitrogens with zero attached hydrogens (tertiary/aromatic N) is 2. The standard InChI is InChI=1S/C28H30N4O2/c1-19(2)23-8-12-25(13-9-23)27(33)31-29-17-21-6-5-7-22(16-21)18-30-32-28(34)26-14-10-24(11-15-26)20(3)4/h5-20H,1-4H3,(H,31,33)(H,32,34). The zero-order valence-corrected chi connectivity index (χ0v) is 19.9. The van der Waals surface area contributed by atoms with E-state index in [2.05, 4.69) is 48.7 Å². The van der Waals surface area contributed by atoms with E-state index in [4.69, 9.17) is 0 Å². The van der Waals surface area contributed by atoms with E-state index in [0.29, 0.717) is 23.0 Å². The molecule has 174 valence electrons. The van der Waals surface area contributed by atoms with Gasteiger partial charge in [0.15, 0.2) is 0 Å². The van der Waals surface area contributed by atoms with Gasteiger partial charge in [0.25, 0.3) is 11.8 Å². The minimum atomic E-state index is -0.270. The summed E-state index contributed by atoms with van der Waals surface area (Å²) in [6.45, 7) is 8.43. The predicted molar refractivity (Wildman–Crippen MR) is 138 cm³/mol. The molecule has 0 bridgehead atoms. The molecule has 3 aromatic carbocycles. The number of hydrazone groups is 2. The van der Waals surface area contributed by atoms with Crippen molar-refractivity contribution < 1.29 is 9.59 Å². The van der Waals surface area contributed by atoms with Gasteiger partial charge in [0, 0.05) is 11.1 Å². The van der Waals surface area contributed by atoms with Crippen LogP contribution in [0.3, 0.4) is 0 Å². The Bertz CT molecular complexity index is 1090. The molecule has 0 atom stereocenters. The lowest BCUT2D eigenvalue weighted by Gasteiger charge is -2.06. The molecule has 0 unspecified atom stereocenters. The van der Waals surface area contributed by atoms with Gasteiger partial charge in [0.05, 0.1) is 12.4 Å². The van der Waals surface area contributed by atoms with Gasteiger partial charge >= 0.3 is 0 Å². The van der Waals surface area contributed by atoms with Crippen molar-refractivity contribution in [3.05, 3.63) is 106 Å². The maximum absolute atomic E-state index is 12.3. The number of nitrogens with one attached hydrogen (secondary N) is 2. The second-order valence-corrected chi connectivity index (χ2v) is 8.62. The summed E-state index contributed by atoms with van der Waals surface area (Å²) in [7, 11) is 0. The van der Waals surface area contributed by atoms with Crippen LogP contribution in [0.1, 0.15) is 82.5 Å². The van der Waals surface area contributed by atoms with Crippen LogP contribution in [-0.2, 0) is 0 Å². The summed E-state index contributed by atoms with van der Waals surface area (Å²) in [5, 5.41) is 8.09. The van der Waals surface area contributed by atoms with Crippen LogP contribution in [0.2, 0.25) is 0 Å². The quantitative estimate of drug-likeness (QED) is 0.350. The Morgan fingerprint density at radius 2 is 1.03 bits per heavy atom. The van der Waals surface area contributed by atoms with E-state index < -0.39 is 0 Å². The Labute approximate surface area is 200 Å². The molecule has 2 amide bonds. The number of carbonyl (C=O) groups excluding carboxylic acids is 2. The third-order valence-corrected chi connectivity index (χ3v) is 5.35. The van der Waals surface area contributed by atoms with Gasteiger partial charge in [-0.1, -0.05) is 70.2 Å². The summed E-state index contributed by atoms with van der Waals surface area (Å²) in [4.78, 5) is 24.5. The summed E-state index contributed by atoms with van der Waals surface area (Å²) < 4.78 is 0. The molecule has 6 nitrogen and oxygen atoms in total. The topological polar surface area (TPSA) is 82.9 Å². The fourth-order valence-corrected chi connectivity index (χ4v) is 3.22. The Kier molecular flexibility index (Phi) is 8.46. The molecule has 0 fully saturated rings. The number of amides is 2. The van der Waals surface area contributed by atoms with Crippen molar-refractivity contribution >= 4 is 24.2 Å². The van der Waals surface area contributed by atoms with E-state index in [9.17, 15) is 9.59 Å². The first-order valence-corrected chi connectivity index (χ1v) is 11.3. The number of hydrogen-bond acceptors (Lipinski definition) is 4. The van der Waals surface area contributed by atoms with Gasteiger partial charge in [-0.3, -0.25) is 9.59 Å². The zero-order valence-electron chi connectivity index (χ0n) is 19.9. The fraction of sp³-hybridized carbons (Fsp3) is 0.214. The third kappa shape index (κ3) is 6.97. The molecular weight excluding hydrogens is 424 g/mol. The van der Waals surface area contributed by atoms with Gasteiger partial charge in [-0.25, -0.2) is 10.9 Å². The van der Waals surface area contributed by atoms with Crippen LogP contribution in [0.5, 0.6) is 0 Å². The van der Waals surface area contributed by atoms with Crippen molar-refractivity contribution in [3.8, 4) is 0 Å². The van der Waals surface area contributed by atoms with Gasteiger partial charge in [-0.05, 0) is 64.4 Å². The summed E-state index contributed by atoms with van der Waals surface area (Å²) in [5.41, 5.74) is 10.1. The molecule has 0 radical (unpaired) electrons. The Balaban J connectivity index is 1.54. The van der Waals surface area contributed by atoms with E-state index in [1.165, 1.54) is 11.1 Å². The summed E-state index contributed by atoms with van der Waals surface area (Å²) in [5.74, 6) is 0.285. The summed E-state index contributed by atoms with van der Waals surface area (Å²) >= 11 is 0. The molecule has 0 aliphatic carbocycles. The zero-order chi connectivity index (χ0) is 24.5. The normalized spacial score (nSPS) is 11.5. The molecule has 0 heterocycles. The van der Waals surface area contributed by atoms with Crippen molar-refractivity contribution in [3.63, 3.8) is 0 Å². The highest BCUT2D eigenvalue weighted by atomic mass is 16.2. The molecule has 6 heteroatoms. The highest BCUT2D eigenvalue weighted by Gasteiger charge is 2.06.